The van der Waals surface area contributed by atoms with E-state index in [1.807, 2.05) is 19.2 Å². The lowest BCUT2D eigenvalue weighted by Crippen LogP contribution is -2.42. The fourth-order valence-electron chi connectivity index (χ4n) is 4.31. The van der Waals surface area contributed by atoms with Gasteiger partial charge in [-0.15, -0.1) is 0 Å². The number of likely N-dealkylation sites (tertiary alicyclic amines) is 1. The number of hydrogen-bond acceptors (Lipinski definition) is 4. The van der Waals surface area contributed by atoms with Crippen LogP contribution < -0.4 is 15.4 Å². The molecule has 2 atom stereocenters. The summed E-state index contributed by atoms with van der Waals surface area (Å²) in [5.41, 5.74) is 0.746. The van der Waals surface area contributed by atoms with Gasteiger partial charge in [0.15, 0.2) is 0 Å². The van der Waals surface area contributed by atoms with E-state index in [-0.39, 0.29) is 18.0 Å². The molecule has 0 aromatic heterocycles. The van der Waals surface area contributed by atoms with Crippen molar-refractivity contribution in [1.29, 1.82) is 0 Å². The van der Waals surface area contributed by atoms with Crippen LogP contribution in [0.1, 0.15) is 79.8 Å². The first-order valence-corrected chi connectivity index (χ1v) is 14.1. The van der Waals surface area contributed by atoms with Crippen molar-refractivity contribution in [2.45, 2.75) is 64.5 Å². The van der Waals surface area contributed by atoms with E-state index in [2.05, 4.69) is 36.6 Å². The van der Waals surface area contributed by atoms with Crippen molar-refractivity contribution in [2.75, 3.05) is 40.3 Å². The second-order valence-corrected chi connectivity index (χ2v) is 10.2. The number of unbranched alkanes of at least 4 members (excludes halogenated alkanes) is 1. The molecule has 9 heteroatoms. The third-order valence-electron chi connectivity index (χ3n) is 7.02. The quantitative estimate of drug-likeness (QED) is 0.372. The van der Waals surface area contributed by atoms with Gasteiger partial charge in [-0.2, -0.15) is 13.2 Å². The number of alkyl halides is 3. The van der Waals surface area contributed by atoms with Crippen molar-refractivity contribution in [2.24, 2.45) is 5.92 Å². The first kappa shape index (κ1) is 33.1. The molecule has 1 aliphatic heterocycles. The summed E-state index contributed by atoms with van der Waals surface area (Å²) in [5, 5.41) is 5.51. The topological polar surface area (TPSA) is 70.7 Å². The maximum Gasteiger partial charge on any atom is 0.416 e. The largest absolute Gasteiger partial charge is 0.497 e. The number of ether oxygens (including phenoxy) is 1. The summed E-state index contributed by atoms with van der Waals surface area (Å²) < 4.78 is 42.4. The summed E-state index contributed by atoms with van der Waals surface area (Å²) >= 11 is 0. The highest BCUT2D eigenvalue weighted by Crippen LogP contribution is 2.47. The highest BCUT2D eigenvalue weighted by molar-refractivity contribution is 5.96. The molecule has 0 bridgehead atoms. The van der Waals surface area contributed by atoms with Crippen molar-refractivity contribution in [3.05, 3.63) is 65.2 Å². The highest BCUT2D eigenvalue weighted by atomic mass is 19.4. The molecular weight excluding hydrogens is 519 g/mol. The molecule has 6 nitrogen and oxygen atoms in total. The van der Waals surface area contributed by atoms with Gasteiger partial charge < -0.3 is 20.3 Å². The highest BCUT2D eigenvalue weighted by Gasteiger charge is 2.33. The van der Waals surface area contributed by atoms with E-state index in [4.69, 9.17) is 4.74 Å². The average Bonchev–Trinajstić information content (AvgIpc) is 3.71. The molecule has 1 saturated heterocycles. The van der Waals surface area contributed by atoms with Gasteiger partial charge in [0.25, 0.3) is 5.91 Å². The van der Waals surface area contributed by atoms with Gasteiger partial charge in [0.2, 0.25) is 5.91 Å². The number of nitrogens with zero attached hydrogens (tertiary/aromatic N) is 1. The van der Waals surface area contributed by atoms with Gasteiger partial charge in [0.1, 0.15) is 5.75 Å². The normalized spacial score (nSPS) is 17.9. The Morgan fingerprint density at radius 1 is 1.00 bits per heavy atom. The molecule has 40 heavy (non-hydrogen) atoms. The van der Waals surface area contributed by atoms with Crippen LogP contribution >= 0.6 is 0 Å². The number of benzene rings is 2. The van der Waals surface area contributed by atoms with Crippen molar-refractivity contribution >= 4 is 11.8 Å². The number of carbonyl (C=O) groups is 2. The van der Waals surface area contributed by atoms with Gasteiger partial charge in [-0.3, -0.25) is 9.59 Å². The third kappa shape index (κ3) is 11.6. The van der Waals surface area contributed by atoms with E-state index in [0.29, 0.717) is 13.1 Å². The minimum Gasteiger partial charge on any atom is -0.497 e. The summed E-state index contributed by atoms with van der Waals surface area (Å²) in [4.78, 5) is 25.4. The van der Waals surface area contributed by atoms with Gasteiger partial charge in [-0.05, 0) is 99.5 Å². The maximum atomic E-state index is 12.4. The van der Waals surface area contributed by atoms with Crippen LogP contribution in [0.25, 0.3) is 0 Å². The molecule has 0 radical (unpaired) electrons. The van der Waals surface area contributed by atoms with Gasteiger partial charge in [0.05, 0.1) is 19.2 Å². The fourth-order valence-corrected chi connectivity index (χ4v) is 4.31. The number of rotatable bonds is 8. The number of carbonyl (C=O) groups excluding carboxylic acids is 2. The number of piperidine rings is 1. The van der Waals surface area contributed by atoms with Gasteiger partial charge in [-0.1, -0.05) is 32.4 Å². The second-order valence-electron chi connectivity index (χ2n) is 10.2. The minimum atomic E-state index is -4.43. The Morgan fingerprint density at radius 3 is 2.05 bits per heavy atom. The first-order valence-electron chi connectivity index (χ1n) is 14.1. The van der Waals surface area contributed by atoms with E-state index in [0.717, 1.165) is 67.7 Å². The monoisotopic (exact) mass is 563 g/mol. The lowest BCUT2D eigenvalue weighted by atomic mass is 10.1. The Bertz CT molecular complexity index is 1020. The molecule has 2 N–H and O–H groups in total. The Morgan fingerprint density at radius 2 is 1.60 bits per heavy atom. The minimum absolute atomic E-state index is 0.0967. The zero-order valence-electron chi connectivity index (χ0n) is 24.2. The Kier molecular flexibility index (Phi) is 14.0. The van der Waals surface area contributed by atoms with E-state index >= 15 is 0 Å². The lowest BCUT2D eigenvalue weighted by molar-refractivity contribution is -0.137. The molecule has 1 saturated carbocycles. The second kappa shape index (κ2) is 16.9. The number of methoxy groups -OCH3 is 1. The molecule has 2 fully saturated rings. The van der Waals surface area contributed by atoms with Crippen LogP contribution in [0.4, 0.5) is 13.2 Å². The van der Waals surface area contributed by atoms with Crippen LogP contribution in [-0.2, 0) is 11.0 Å². The predicted octanol–water partition coefficient (Wildman–Crippen LogP) is 6.27. The SMILES string of the molecule is CCCCNC.COc1ccc(C2CC2C)cc1.O=C(NCC(=O)N1CCCCC1)c1ccc(C(F)(F)F)cc1. The van der Waals surface area contributed by atoms with Crippen LogP contribution in [0, 0.1) is 5.92 Å². The van der Waals surface area contributed by atoms with E-state index in [1.54, 1.807) is 12.0 Å². The van der Waals surface area contributed by atoms with E-state index in [1.165, 1.54) is 24.8 Å². The third-order valence-corrected chi connectivity index (χ3v) is 7.02. The number of hydrogen-bond donors (Lipinski definition) is 2. The fraction of sp³-hybridized carbons (Fsp3) is 0.548. The molecule has 2 aliphatic rings. The number of amides is 2. The van der Waals surface area contributed by atoms with Crippen molar-refractivity contribution in [3.63, 3.8) is 0 Å². The molecule has 1 aliphatic carbocycles. The zero-order valence-corrected chi connectivity index (χ0v) is 24.2. The van der Waals surface area contributed by atoms with Crippen molar-refractivity contribution in [3.8, 4) is 5.75 Å². The van der Waals surface area contributed by atoms with Gasteiger partial charge in [-0.25, -0.2) is 0 Å². The molecule has 2 aromatic rings. The van der Waals surface area contributed by atoms with E-state index < -0.39 is 17.6 Å². The van der Waals surface area contributed by atoms with Crippen molar-refractivity contribution in [1.82, 2.24) is 15.5 Å². The lowest BCUT2D eigenvalue weighted by Gasteiger charge is -2.26. The molecule has 2 unspecified atom stereocenters. The smallest absolute Gasteiger partial charge is 0.416 e. The number of halogens is 3. The first-order chi connectivity index (χ1) is 19.1. The summed E-state index contributed by atoms with van der Waals surface area (Å²) in [7, 11) is 3.68. The van der Waals surface area contributed by atoms with Crippen LogP contribution in [0.15, 0.2) is 48.5 Å². The predicted molar refractivity (Wildman–Crippen MR) is 153 cm³/mol. The molecule has 2 aromatic carbocycles. The van der Waals surface area contributed by atoms with Crippen LogP contribution in [0.3, 0.4) is 0 Å². The maximum absolute atomic E-state index is 12.4. The molecule has 4 rings (SSSR count). The molecule has 2 amide bonds. The molecule has 0 spiro atoms. The molecular formula is C31H44F3N3O3. The van der Waals surface area contributed by atoms with Gasteiger partial charge in [0, 0.05) is 18.7 Å². The molecule has 222 valence electrons. The Hall–Kier alpha value is -3.07. The molecule has 1 heterocycles. The number of nitrogens with one attached hydrogen (secondary N) is 2. The summed E-state index contributed by atoms with van der Waals surface area (Å²) in [5.74, 6) is 1.93. The summed E-state index contributed by atoms with van der Waals surface area (Å²) in [6.45, 7) is 6.90. The average molecular weight is 564 g/mol. The Balaban J connectivity index is 0.000000258. The van der Waals surface area contributed by atoms with E-state index in [9.17, 15) is 22.8 Å². The standard InChI is InChI=1S/C15H17F3N2O2.C11H14O.C5H13N/c16-15(17,18)12-6-4-11(5-7-12)14(22)19-10-13(21)20-8-2-1-3-9-20;1-8-7-11(8)9-3-5-10(12-2)6-4-9;1-3-4-5-6-2/h4-7H,1-3,8-10H2,(H,19,22);3-6,8,11H,7H2,1-2H3;6H,3-5H2,1-2H3. The van der Waals surface area contributed by atoms with Crippen LogP contribution in [0.2, 0.25) is 0 Å². The van der Waals surface area contributed by atoms with Crippen LogP contribution in [-0.4, -0.2) is 57.1 Å². The Labute approximate surface area is 236 Å². The van der Waals surface area contributed by atoms with Crippen LogP contribution in [0.5, 0.6) is 5.75 Å². The zero-order chi connectivity index (χ0) is 29.5. The van der Waals surface area contributed by atoms with Crippen molar-refractivity contribution < 1.29 is 27.5 Å². The summed E-state index contributed by atoms with van der Waals surface area (Å²) in [6, 6.07) is 12.3. The van der Waals surface area contributed by atoms with Gasteiger partial charge >= 0.3 is 6.18 Å². The summed E-state index contributed by atoms with van der Waals surface area (Å²) in [6.07, 6.45) is 2.53.